The van der Waals surface area contributed by atoms with Crippen LogP contribution in [0, 0.1) is 10.1 Å². The molecule has 136 valence electrons. The molecule has 0 atom stereocenters. The number of carbonyl (C=O) groups is 1. The molecule has 9 heteroatoms. The lowest BCUT2D eigenvalue weighted by atomic mass is 10.1. The normalized spacial score (nSPS) is 15.7. The van der Waals surface area contributed by atoms with Gasteiger partial charge in [0.25, 0.3) is 5.69 Å². The van der Waals surface area contributed by atoms with Crippen LogP contribution in [0.3, 0.4) is 0 Å². The van der Waals surface area contributed by atoms with Gasteiger partial charge in [0, 0.05) is 31.3 Å². The fourth-order valence-corrected chi connectivity index (χ4v) is 2.62. The van der Waals surface area contributed by atoms with Crippen molar-refractivity contribution in [3.8, 4) is 0 Å². The van der Waals surface area contributed by atoms with Crippen LogP contribution in [0.15, 0.2) is 29.3 Å². The Labute approximate surface area is 146 Å². The first-order chi connectivity index (χ1) is 12.0. The summed E-state index contributed by atoms with van der Waals surface area (Å²) >= 11 is 0. The van der Waals surface area contributed by atoms with Gasteiger partial charge in [-0.1, -0.05) is 12.1 Å². The number of guanidine groups is 1. The number of amides is 1. The molecule has 1 fully saturated rings. The van der Waals surface area contributed by atoms with E-state index in [4.69, 9.17) is 10.5 Å². The number of nitro benzene ring substituents is 1. The SMILES string of the molecule is CCOC(=O)N1CCC(NC(N)=NCc2cccc([N+](=O)[O-])c2)CC1. The number of nitrogens with zero attached hydrogens (tertiary/aromatic N) is 3. The predicted octanol–water partition coefficient (Wildman–Crippen LogP) is 1.62. The van der Waals surface area contributed by atoms with Crippen molar-refractivity contribution in [3.63, 3.8) is 0 Å². The highest BCUT2D eigenvalue weighted by Gasteiger charge is 2.23. The van der Waals surface area contributed by atoms with Crippen molar-refractivity contribution >= 4 is 17.7 Å². The number of nitrogens with two attached hydrogens (primary N) is 1. The molecule has 9 nitrogen and oxygen atoms in total. The van der Waals surface area contributed by atoms with E-state index in [9.17, 15) is 14.9 Å². The monoisotopic (exact) mass is 349 g/mol. The molecule has 3 N–H and O–H groups in total. The van der Waals surface area contributed by atoms with E-state index < -0.39 is 4.92 Å². The van der Waals surface area contributed by atoms with E-state index in [1.165, 1.54) is 12.1 Å². The average Bonchev–Trinajstić information content (AvgIpc) is 2.61. The molecule has 1 aliphatic rings. The van der Waals surface area contributed by atoms with Gasteiger partial charge in [-0.2, -0.15) is 0 Å². The number of nitro groups is 1. The third-order valence-corrected chi connectivity index (χ3v) is 3.93. The lowest BCUT2D eigenvalue weighted by Gasteiger charge is -2.31. The molecular weight excluding hydrogens is 326 g/mol. The minimum absolute atomic E-state index is 0.0329. The summed E-state index contributed by atoms with van der Waals surface area (Å²) in [5.74, 6) is 0.293. The molecule has 0 radical (unpaired) electrons. The molecule has 1 aliphatic heterocycles. The van der Waals surface area contributed by atoms with Crippen LogP contribution in [0.2, 0.25) is 0 Å². The first-order valence-corrected chi connectivity index (χ1v) is 8.21. The summed E-state index contributed by atoms with van der Waals surface area (Å²) in [7, 11) is 0. The minimum atomic E-state index is -0.438. The third kappa shape index (κ3) is 5.63. The van der Waals surface area contributed by atoms with Crippen molar-refractivity contribution < 1.29 is 14.5 Å². The molecule has 25 heavy (non-hydrogen) atoms. The topological polar surface area (TPSA) is 123 Å². The molecule has 0 spiro atoms. The fourth-order valence-electron chi connectivity index (χ4n) is 2.62. The van der Waals surface area contributed by atoms with E-state index in [0.717, 1.165) is 18.4 Å². The standard InChI is InChI=1S/C16H23N5O4/c1-2-25-16(22)20-8-6-13(7-9-20)19-15(17)18-11-12-4-3-5-14(10-12)21(23)24/h3-5,10,13H,2,6-9,11H2,1H3,(H3,17,18,19). The van der Waals surface area contributed by atoms with Gasteiger partial charge < -0.3 is 20.7 Å². The number of piperidine rings is 1. The molecular formula is C16H23N5O4. The van der Waals surface area contributed by atoms with Crippen LogP contribution in [0.25, 0.3) is 0 Å². The van der Waals surface area contributed by atoms with Crippen molar-refractivity contribution in [2.24, 2.45) is 10.7 Å². The van der Waals surface area contributed by atoms with Gasteiger partial charge in [-0.05, 0) is 25.3 Å². The number of hydrogen-bond acceptors (Lipinski definition) is 5. The van der Waals surface area contributed by atoms with Crippen molar-refractivity contribution in [2.75, 3.05) is 19.7 Å². The summed E-state index contributed by atoms with van der Waals surface area (Å²) in [5.41, 5.74) is 6.64. The molecule has 1 aromatic rings. The maximum atomic E-state index is 11.6. The zero-order chi connectivity index (χ0) is 18.2. The zero-order valence-corrected chi connectivity index (χ0v) is 14.2. The first-order valence-electron chi connectivity index (χ1n) is 8.21. The number of benzene rings is 1. The Morgan fingerprint density at radius 3 is 2.84 bits per heavy atom. The highest BCUT2D eigenvalue weighted by Crippen LogP contribution is 2.14. The Balaban J connectivity index is 1.81. The number of nitrogens with one attached hydrogen (secondary N) is 1. The molecule has 0 bridgehead atoms. The van der Waals surface area contributed by atoms with Gasteiger partial charge in [-0.3, -0.25) is 10.1 Å². The van der Waals surface area contributed by atoms with Crippen LogP contribution >= 0.6 is 0 Å². The first kappa shape index (κ1) is 18.5. The number of non-ortho nitro benzene ring substituents is 1. The molecule has 0 aliphatic carbocycles. The molecule has 1 heterocycles. The van der Waals surface area contributed by atoms with E-state index >= 15 is 0 Å². The summed E-state index contributed by atoms with van der Waals surface area (Å²) in [6.45, 7) is 3.63. The van der Waals surface area contributed by atoms with Crippen molar-refractivity contribution in [3.05, 3.63) is 39.9 Å². The van der Waals surface area contributed by atoms with E-state index in [-0.39, 0.29) is 24.4 Å². The Morgan fingerprint density at radius 2 is 2.20 bits per heavy atom. The maximum absolute atomic E-state index is 11.6. The molecule has 1 saturated heterocycles. The van der Waals surface area contributed by atoms with Gasteiger partial charge in [0.05, 0.1) is 18.1 Å². The Kier molecular flexibility index (Phi) is 6.55. The van der Waals surface area contributed by atoms with Gasteiger partial charge >= 0.3 is 6.09 Å². The van der Waals surface area contributed by atoms with Crippen LogP contribution in [0.5, 0.6) is 0 Å². The lowest BCUT2D eigenvalue weighted by Crippen LogP contribution is -2.48. The van der Waals surface area contributed by atoms with Crippen molar-refractivity contribution in [1.82, 2.24) is 10.2 Å². The second-order valence-electron chi connectivity index (χ2n) is 5.73. The Hall–Kier alpha value is -2.84. The van der Waals surface area contributed by atoms with Crippen LogP contribution in [0.1, 0.15) is 25.3 Å². The number of aliphatic imine (C=N–C) groups is 1. The minimum Gasteiger partial charge on any atom is -0.450 e. The molecule has 1 aromatic carbocycles. The molecule has 0 unspecified atom stereocenters. The van der Waals surface area contributed by atoms with Crippen molar-refractivity contribution in [2.45, 2.75) is 32.4 Å². The number of carbonyl (C=O) groups excluding carboxylic acids is 1. The fraction of sp³-hybridized carbons (Fsp3) is 0.500. The predicted molar refractivity (Wildman–Crippen MR) is 93.2 cm³/mol. The van der Waals surface area contributed by atoms with Crippen LogP contribution in [-0.4, -0.2) is 47.6 Å². The second-order valence-corrected chi connectivity index (χ2v) is 5.73. The van der Waals surface area contributed by atoms with E-state index in [1.807, 2.05) is 0 Å². The number of ether oxygens (including phenoxy) is 1. The largest absolute Gasteiger partial charge is 0.450 e. The lowest BCUT2D eigenvalue weighted by molar-refractivity contribution is -0.384. The Bertz CT molecular complexity index is 641. The summed E-state index contributed by atoms with van der Waals surface area (Å²) in [4.78, 5) is 27.9. The van der Waals surface area contributed by atoms with E-state index in [2.05, 4.69) is 10.3 Å². The third-order valence-electron chi connectivity index (χ3n) is 3.93. The smallest absolute Gasteiger partial charge is 0.409 e. The van der Waals surface area contributed by atoms with E-state index in [0.29, 0.717) is 25.7 Å². The highest BCUT2D eigenvalue weighted by molar-refractivity contribution is 5.78. The molecule has 0 saturated carbocycles. The summed E-state index contributed by atoms with van der Waals surface area (Å²) in [6, 6.07) is 6.44. The summed E-state index contributed by atoms with van der Waals surface area (Å²) < 4.78 is 4.98. The molecule has 0 aromatic heterocycles. The van der Waals surface area contributed by atoms with Gasteiger partial charge in [-0.25, -0.2) is 9.79 Å². The van der Waals surface area contributed by atoms with E-state index in [1.54, 1.807) is 24.0 Å². The summed E-state index contributed by atoms with van der Waals surface area (Å²) in [6.07, 6.45) is 1.23. The van der Waals surface area contributed by atoms with Gasteiger partial charge in [0.1, 0.15) is 0 Å². The van der Waals surface area contributed by atoms with Crippen LogP contribution in [0.4, 0.5) is 10.5 Å². The quantitative estimate of drug-likeness (QED) is 0.360. The zero-order valence-electron chi connectivity index (χ0n) is 14.2. The Morgan fingerprint density at radius 1 is 1.48 bits per heavy atom. The van der Waals surface area contributed by atoms with Crippen LogP contribution < -0.4 is 11.1 Å². The van der Waals surface area contributed by atoms with Crippen LogP contribution in [-0.2, 0) is 11.3 Å². The molecule has 2 rings (SSSR count). The number of rotatable bonds is 5. The highest BCUT2D eigenvalue weighted by atomic mass is 16.6. The van der Waals surface area contributed by atoms with Gasteiger partial charge in [-0.15, -0.1) is 0 Å². The number of likely N-dealkylation sites (tertiary alicyclic amines) is 1. The van der Waals surface area contributed by atoms with Crippen molar-refractivity contribution in [1.29, 1.82) is 0 Å². The van der Waals surface area contributed by atoms with Gasteiger partial charge in [0.15, 0.2) is 5.96 Å². The van der Waals surface area contributed by atoms with Gasteiger partial charge in [0.2, 0.25) is 0 Å². The average molecular weight is 349 g/mol. The molecule has 1 amide bonds. The number of hydrogen-bond donors (Lipinski definition) is 2. The second kappa shape index (κ2) is 8.86. The summed E-state index contributed by atoms with van der Waals surface area (Å²) in [5, 5.41) is 13.9. The maximum Gasteiger partial charge on any atom is 0.409 e.